The van der Waals surface area contributed by atoms with Crippen LogP contribution in [0.2, 0.25) is 0 Å². The fraction of sp³-hybridized carbons (Fsp3) is 0.769. The number of likely N-dealkylation sites (N-methyl/N-ethyl adjacent to an activating group) is 1. The molecule has 5 heteroatoms. The molecule has 0 atom stereocenters. The summed E-state index contributed by atoms with van der Waals surface area (Å²) in [7, 11) is 4.22. The van der Waals surface area contributed by atoms with E-state index in [-0.39, 0.29) is 0 Å². The van der Waals surface area contributed by atoms with Gasteiger partial charge < -0.3 is 10.2 Å². The average Bonchev–Trinajstić information content (AvgIpc) is 2.81. The van der Waals surface area contributed by atoms with Gasteiger partial charge in [-0.2, -0.15) is 5.10 Å². The van der Waals surface area contributed by atoms with Crippen molar-refractivity contribution in [3.8, 4) is 0 Å². The van der Waals surface area contributed by atoms with Gasteiger partial charge in [0.25, 0.3) is 0 Å². The SMILES string of the molecule is CN(CCc1ccnn1C)CCN1CCNCC1. The lowest BCUT2D eigenvalue weighted by Crippen LogP contribution is -2.46. The number of aryl methyl sites for hydroxylation is 1. The maximum atomic E-state index is 4.20. The van der Waals surface area contributed by atoms with Crippen LogP contribution in [0, 0.1) is 0 Å². The van der Waals surface area contributed by atoms with E-state index in [1.54, 1.807) is 0 Å². The van der Waals surface area contributed by atoms with Gasteiger partial charge in [0.15, 0.2) is 0 Å². The number of piperazine rings is 1. The van der Waals surface area contributed by atoms with Crippen molar-refractivity contribution in [3.63, 3.8) is 0 Å². The molecule has 18 heavy (non-hydrogen) atoms. The maximum absolute atomic E-state index is 4.20. The standard InChI is InChI=1S/C13H25N5/c1-16(8-4-13-3-5-15-17(13)2)11-12-18-9-6-14-7-10-18/h3,5,14H,4,6-12H2,1-2H3. The maximum Gasteiger partial charge on any atom is 0.0492 e. The van der Waals surface area contributed by atoms with Gasteiger partial charge in [-0.25, -0.2) is 0 Å². The highest BCUT2D eigenvalue weighted by molar-refractivity contribution is 5.00. The van der Waals surface area contributed by atoms with Crippen molar-refractivity contribution in [1.29, 1.82) is 0 Å². The van der Waals surface area contributed by atoms with Crippen molar-refractivity contribution in [2.45, 2.75) is 6.42 Å². The van der Waals surface area contributed by atoms with Crippen LogP contribution in [-0.2, 0) is 13.5 Å². The summed E-state index contributed by atoms with van der Waals surface area (Å²) in [5, 5.41) is 7.58. The largest absolute Gasteiger partial charge is 0.314 e. The van der Waals surface area contributed by atoms with Crippen LogP contribution >= 0.6 is 0 Å². The first-order chi connectivity index (χ1) is 8.75. The molecule has 1 aliphatic rings. The average molecular weight is 251 g/mol. The minimum Gasteiger partial charge on any atom is -0.314 e. The van der Waals surface area contributed by atoms with E-state index in [1.165, 1.54) is 25.3 Å². The van der Waals surface area contributed by atoms with Gasteiger partial charge in [-0.05, 0) is 13.1 Å². The van der Waals surface area contributed by atoms with Crippen LogP contribution in [0.5, 0.6) is 0 Å². The quantitative estimate of drug-likeness (QED) is 0.760. The van der Waals surface area contributed by atoms with Crippen LogP contribution < -0.4 is 5.32 Å². The Labute approximate surface area is 110 Å². The van der Waals surface area contributed by atoms with E-state index in [1.807, 2.05) is 17.9 Å². The van der Waals surface area contributed by atoms with Crippen LogP contribution in [0.25, 0.3) is 0 Å². The number of rotatable bonds is 6. The molecule has 1 aliphatic heterocycles. The summed E-state index contributed by atoms with van der Waals surface area (Å²) >= 11 is 0. The molecule has 1 fully saturated rings. The molecule has 0 radical (unpaired) electrons. The molecule has 0 bridgehead atoms. The zero-order valence-electron chi connectivity index (χ0n) is 11.6. The van der Waals surface area contributed by atoms with Gasteiger partial charge in [0.2, 0.25) is 0 Å². The number of hydrogen-bond donors (Lipinski definition) is 1. The highest BCUT2D eigenvalue weighted by Gasteiger charge is 2.10. The van der Waals surface area contributed by atoms with E-state index in [2.05, 4.69) is 33.3 Å². The third-order valence-corrected chi connectivity index (χ3v) is 3.68. The summed E-state index contributed by atoms with van der Waals surface area (Å²) in [6.07, 6.45) is 2.95. The van der Waals surface area contributed by atoms with E-state index in [9.17, 15) is 0 Å². The lowest BCUT2D eigenvalue weighted by Gasteiger charge is -2.29. The highest BCUT2D eigenvalue weighted by Crippen LogP contribution is 1.99. The van der Waals surface area contributed by atoms with Crippen LogP contribution in [-0.4, -0.2) is 72.4 Å². The topological polar surface area (TPSA) is 36.3 Å². The van der Waals surface area contributed by atoms with E-state index >= 15 is 0 Å². The van der Waals surface area contributed by atoms with Gasteiger partial charge in [-0.15, -0.1) is 0 Å². The number of nitrogens with one attached hydrogen (secondary N) is 1. The second-order valence-corrected chi connectivity index (χ2v) is 5.09. The van der Waals surface area contributed by atoms with Gasteiger partial charge in [0.05, 0.1) is 0 Å². The summed E-state index contributed by atoms with van der Waals surface area (Å²) < 4.78 is 1.96. The first-order valence-corrected chi connectivity index (χ1v) is 6.84. The monoisotopic (exact) mass is 251 g/mol. The zero-order chi connectivity index (χ0) is 12.8. The lowest BCUT2D eigenvalue weighted by molar-refractivity contribution is 0.205. The Morgan fingerprint density at radius 2 is 2.11 bits per heavy atom. The first-order valence-electron chi connectivity index (χ1n) is 6.84. The minimum absolute atomic E-state index is 1.08. The molecule has 1 N–H and O–H groups in total. The summed E-state index contributed by atoms with van der Waals surface area (Å²) in [6, 6.07) is 2.10. The molecule has 102 valence electrons. The van der Waals surface area contributed by atoms with Crippen LogP contribution in [0.4, 0.5) is 0 Å². The van der Waals surface area contributed by atoms with E-state index < -0.39 is 0 Å². The van der Waals surface area contributed by atoms with Crippen LogP contribution in [0.1, 0.15) is 5.69 Å². The second kappa shape index (κ2) is 6.87. The second-order valence-electron chi connectivity index (χ2n) is 5.09. The van der Waals surface area contributed by atoms with Gasteiger partial charge in [0, 0.05) is 71.2 Å². The Hall–Kier alpha value is -0.910. The van der Waals surface area contributed by atoms with Crippen molar-refractivity contribution in [2.75, 3.05) is 52.9 Å². The van der Waals surface area contributed by atoms with Crippen molar-refractivity contribution in [1.82, 2.24) is 24.9 Å². The van der Waals surface area contributed by atoms with Crippen LogP contribution in [0.3, 0.4) is 0 Å². The first kappa shape index (κ1) is 13.5. The van der Waals surface area contributed by atoms with E-state index in [0.717, 1.165) is 32.6 Å². The zero-order valence-corrected chi connectivity index (χ0v) is 11.6. The molecule has 5 nitrogen and oxygen atoms in total. The third-order valence-electron chi connectivity index (χ3n) is 3.68. The van der Waals surface area contributed by atoms with E-state index in [0.29, 0.717) is 0 Å². The number of aromatic nitrogens is 2. The Bertz CT molecular complexity index is 343. The van der Waals surface area contributed by atoms with Crippen molar-refractivity contribution >= 4 is 0 Å². The van der Waals surface area contributed by atoms with Gasteiger partial charge in [0.1, 0.15) is 0 Å². The van der Waals surface area contributed by atoms with Gasteiger partial charge >= 0.3 is 0 Å². The molecular weight excluding hydrogens is 226 g/mol. The van der Waals surface area contributed by atoms with Crippen molar-refractivity contribution in [3.05, 3.63) is 18.0 Å². The summed E-state index contributed by atoms with van der Waals surface area (Å²) in [5.74, 6) is 0. The smallest absolute Gasteiger partial charge is 0.0492 e. The number of hydrogen-bond acceptors (Lipinski definition) is 4. The molecule has 0 unspecified atom stereocenters. The highest BCUT2D eigenvalue weighted by atomic mass is 15.3. The Morgan fingerprint density at radius 3 is 2.78 bits per heavy atom. The molecular formula is C13H25N5. The molecule has 1 aromatic heterocycles. The summed E-state index contributed by atoms with van der Waals surface area (Å²) in [6.45, 7) is 8.09. The number of nitrogens with zero attached hydrogens (tertiary/aromatic N) is 4. The van der Waals surface area contributed by atoms with Crippen LogP contribution in [0.15, 0.2) is 12.3 Å². The van der Waals surface area contributed by atoms with Crippen molar-refractivity contribution in [2.24, 2.45) is 7.05 Å². The van der Waals surface area contributed by atoms with Gasteiger partial charge in [-0.3, -0.25) is 9.58 Å². The molecule has 0 amide bonds. The fourth-order valence-electron chi connectivity index (χ4n) is 2.31. The summed E-state index contributed by atoms with van der Waals surface area (Å²) in [5.41, 5.74) is 1.31. The fourth-order valence-corrected chi connectivity index (χ4v) is 2.31. The molecule has 2 heterocycles. The third kappa shape index (κ3) is 4.08. The lowest BCUT2D eigenvalue weighted by atomic mass is 10.3. The molecule has 0 spiro atoms. The van der Waals surface area contributed by atoms with E-state index in [4.69, 9.17) is 0 Å². The predicted molar refractivity (Wildman–Crippen MR) is 73.7 cm³/mol. The normalized spacial score (nSPS) is 17.5. The molecule has 1 saturated heterocycles. The molecule has 0 saturated carbocycles. The molecule has 2 rings (SSSR count). The molecule has 0 aliphatic carbocycles. The summed E-state index contributed by atoms with van der Waals surface area (Å²) in [4.78, 5) is 4.95. The van der Waals surface area contributed by atoms with Gasteiger partial charge in [-0.1, -0.05) is 0 Å². The molecule has 0 aromatic carbocycles. The predicted octanol–water partition coefficient (Wildman–Crippen LogP) is -0.200. The Kier molecular flexibility index (Phi) is 5.16. The minimum atomic E-state index is 1.08. The Morgan fingerprint density at radius 1 is 1.33 bits per heavy atom. The van der Waals surface area contributed by atoms with Crippen molar-refractivity contribution < 1.29 is 0 Å². The molecule has 1 aromatic rings. The Balaban J connectivity index is 1.62.